The van der Waals surface area contributed by atoms with Crippen molar-refractivity contribution in [2.24, 2.45) is 5.73 Å². The summed E-state index contributed by atoms with van der Waals surface area (Å²) in [7, 11) is 1.24. The minimum atomic E-state index is -0.845. The number of hydrogen-bond acceptors (Lipinski definition) is 5. The lowest BCUT2D eigenvalue weighted by molar-refractivity contribution is -0.142. The molecule has 0 aliphatic carbocycles. The van der Waals surface area contributed by atoms with E-state index in [2.05, 4.69) is 4.74 Å². The van der Waals surface area contributed by atoms with Crippen LogP contribution < -0.4 is 5.73 Å². The molecule has 0 radical (unpaired) electrons. The summed E-state index contributed by atoms with van der Waals surface area (Å²) in [5, 5.41) is 18.6. The van der Waals surface area contributed by atoms with E-state index in [0.717, 1.165) is 0 Å². The first-order chi connectivity index (χ1) is 7.06. The van der Waals surface area contributed by atoms with Crippen molar-refractivity contribution in [3.63, 3.8) is 0 Å². The fourth-order valence-corrected chi connectivity index (χ4v) is 1.21. The summed E-state index contributed by atoms with van der Waals surface area (Å²) in [6.45, 7) is 0. The van der Waals surface area contributed by atoms with Crippen LogP contribution in [0.2, 0.25) is 0 Å². The number of carbonyl (C=O) groups is 1. The van der Waals surface area contributed by atoms with Gasteiger partial charge in [0.05, 0.1) is 7.11 Å². The molecule has 1 atom stereocenters. The second kappa shape index (κ2) is 4.65. The molecular weight excluding hydrogens is 198 g/mol. The lowest BCUT2D eigenvalue weighted by Gasteiger charge is -2.10. The van der Waals surface area contributed by atoms with Gasteiger partial charge in [0.25, 0.3) is 0 Å². The smallest absolute Gasteiger partial charge is 0.322 e. The molecule has 0 bridgehead atoms. The van der Waals surface area contributed by atoms with Gasteiger partial charge in [-0.15, -0.1) is 0 Å². The molecule has 1 rings (SSSR count). The Balaban J connectivity index is 2.81. The summed E-state index contributed by atoms with van der Waals surface area (Å²) in [6.07, 6.45) is 0.118. The lowest BCUT2D eigenvalue weighted by atomic mass is 10.1. The summed E-state index contributed by atoms with van der Waals surface area (Å²) in [6, 6.07) is 3.65. The van der Waals surface area contributed by atoms with Crippen molar-refractivity contribution in [3.05, 3.63) is 23.8 Å². The third-order valence-electron chi connectivity index (χ3n) is 2.04. The van der Waals surface area contributed by atoms with E-state index in [0.29, 0.717) is 5.56 Å². The molecule has 0 saturated carbocycles. The van der Waals surface area contributed by atoms with Gasteiger partial charge >= 0.3 is 5.97 Å². The molecule has 1 aromatic carbocycles. The molecule has 0 aliphatic rings. The minimum absolute atomic E-state index is 0.118. The number of ether oxygens (including phenoxy) is 1. The summed E-state index contributed by atoms with van der Waals surface area (Å²) in [4.78, 5) is 11.0. The number of phenolic OH excluding ortho intramolecular Hbond substituents is 2. The van der Waals surface area contributed by atoms with Crippen molar-refractivity contribution in [1.82, 2.24) is 0 Å². The van der Waals surface area contributed by atoms with Crippen LogP contribution in [0.5, 0.6) is 11.5 Å². The predicted molar refractivity (Wildman–Crippen MR) is 53.5 cm³/mol. The molecule has 1 aromatic rings. The normalized spacial score (nSPS) is 12.1. The summed E-state index contributed by atoms with van der Waals surface area (Å²) >= 11 is 0. The number of nitrogens with two attached hydrogens (primary N) is 1. The van der Waals surface area contributed by atoms with Gasteiger partial charge in [-0.2, -0.15) is 0 Å². The highest BCUT2D eigenvalue weighted by atomic mass is 16.5. The van der Waals surface area contributed by atoms with Gasteiger partial charge in [-0.05, 0) is 11.6 Å². The fraction of sp³-hybridized carbons (Fsp3) is 0.300. The molecule has 0 fully saturated rings. The lowest BCUT2D eigenvalue weighted by Crippen LogP contribution is -2.33. The van der Waals surface area contributed by atoms with Gasteiger partial charge in [0.15, 0.2) is 11.5 Å². The van der Waals surface area contributed by atoms with Crippen molar-refractivity contribution >= 4 is 5.97 Å². The molecule has 5 nitrogen and oxygen atoms in total. The highest BCUT2D eigenvalue weighted by Gasteiger charge is 2.17. The first-order valence-electron chi connectivity index (χ1n) is 4.39. The van der Waals surface area contributed by atoms with Crippen LogP contribution in [-0.2, 0) is 16.0 Å². The Morgan fingerprint density at radius 1 is 1.53 bits per heavy atom. The van der Waals surface area contributed by atoms with E-state index in [-0.39, 0.29) is 17.9 Å². The van der Waals surface area contributed by atoms with Gasteiger partial charge in [0, 0.05) is 6.42 Å². The van der Waals surface area contributed by atoms with Gasteiger partial charge in [-0.25, -0.2) is 0 Å². The van der Waals surface area contributed by atoms with Crippen LogP contribution >= 0.6 is 0 Å². The predicted octanol–water partition coefficient (Wildman–Crippen LogP) is 0.141. The van der Waals surface area contributed by atoms with E-state index in [1.165, 1.54) is 13.2 Å². The second-order valence-electron chi connectivity index (χ2n) is 3.12. The topological polar surface area (TPSA) is 92.8 Å². The average molecular weight is 211 g/mol. The minimum Gasteiger partial charge on any atom is -0.504 e. The van der Waals surface area contributed by atoms with Crippen molar-refractivity contribution in [2.75, 3.05) is 7.11 Å². The second-order valence-corrected chi connectivity index (χ2v) is 3.12. The van der Waals surface area contributed by atoms with Crippen molar-refractivity contribution in [2.45, 2.75) is 12.5 Å². The molecule has 0 saturated heterocycles. The largest absolute Gasteiger partial charge is 0.504 e. The Hall–Kier alpha value is -1.75. The molecule has 0 heterocycles. The Morgan fingerprint density at radius 3 is 2.80 bits per heavy atom. The third kappa shape index (κ3) is 2.60. The maximum atomic E-state index is 11.0. The van der Waals surface area contributed by atoms with Crippen LogP contribution in [0.3, 0.4) is 0 Å². The van der Waals surface area contributed by atoms with Crippen LogP contribution in [0, 0.1) is 0 Å². The fourth-order valence-electron chi connectivity index (χ4n) is 1.21. The molecule has 82 valence electrons. The van der Waals surface area contributed by atoms with Crippen molar-refractivity contribution in [3.8, 4) is 11.5 Å². The zero-order chi connectivity index (χ0) is 11.4. The molecule has 0 aromatic heterocycles. The van der Waals surface area contributed by atoms with Crippen molar-refractivity contribution in [1.29, 1.82) is 0 Å². The summed E-state index contributed by atoms with van der Waals surface area (Å²) < 4.78 is 4.45. The van der Waals surface area contributed by atoms with Gasteiger partial charge in [0.2, 0.25) is 0 Å². The molecule has 5 heteroatoms. The highest BCUT2D eigenvalue weighted by Crippen LogP contribution is 2.28. The van der Waals surface area contributed by atoms with E-state index < -0.39 is 12.0 Å². The molecular formula is C10H13NO4. The quantitative estimate of drug-likeness (QED) is 0.488. The van der Waals surface area contributed by atoms with E-state index in [1.807, 2.05) is 0 Å². The van der Waals surface area contributed by atoms with Crippen LogP contribution in [0.1, 0.15) is 5.56 Å². The molecule has 4 N–H and O–H groups in total. The van der Waals surface area contributed by atoms with Crippen LogP contribution in [-0.4, -0.2) is 29.3 Å². The number of para-hydroxylation sites is 1. The van der Waals surface area contributed by atoms with Gasteiger partial charge in [-0.1, -0.05) is 12.1 Å². The van der Waals surface area contributed by atoms with E-state index >= 15 is 0 Å². The van der Waals surface area contributed by atoms with Gasteiger partial charge < -0.3 is 20.7 Å². The molecule has 15 heavy (non-hydrogen) atoms. The van der Waals surface area contributed by atoms with E-state index in [4.69, 9.17) is 5.73 Å². The third-order valence-corrected chi connectivity index (χ3v) is 2.04. The zero-order valence-corrected chi connectivity index (χ0v) is 8.30. The SMILES string of the molecule is COC(=O)C(N)Cc1cccc(O)c1O. The number of hydrogen-bond donors (Lipinski definition) is 3. The number of methoxy groups -OCH3 is 1. The Labute approximate surface area is 87.1 Å². The van der Waals surface area contributed by atoms with Crippen molar-refractivity contribution < 1.29 is 19.7 Å². The number of rotatable bonds is 3. The monoisotopic (exact) mass is 211 g/mol. The average Bonchev–Trinajstić information content (AvgIpc) is 2.23. The number of carbonyl (C=O) groups excluding carboxylic acids is 1. The van der Waals surface area contributed by atoms with Gasteiger partial charge in [-0.3, -0.25) is 4.79 Å². The molecule has 0 aliphatic heterocycles. The first kappa shape index (κ1) is 11.3. The van der Waals surface area contributed by atoms with Crippen LogP contribution in [0.25, 0.3) is 0 Å². The van der Waals surface area contributed by atoms with Crippen LogP contribution in [0.15, 0.2) is 18.2 Å². The van der Waals surface area contributed by atoms with E-state index in [9.17, 15) is 15.0 Å². The Bertz CT molecular complexity index is 364. The Kier molecular flexibility index (Phi) is 3.51. The summed E-state index contributed by atoms with van der Waals surface area (Å²) in [5.41, 5.74) is 5.92. The standard InChI is InChI=1S/C10H13NO4/c1-15-10(14)7(11)5-6-3-2-4-8(12)9(6)13/h2-4,7,12-13H,5,11H2,1H3. The molecule has 0 amide bonds. The maximum absolute atomic E-state index is 11.0. The number of phenols is 2. The number of benzene rings is 1. The maximum Gasteiger partial charge on any atom is 0.322 e. The number of aromatic hydroxyl groups is 2. The summed E-state index contributed by atoms with van der Waals surface area (Å²) in [5.74, 6) is -1.04. The first-order valence-corrected chi connectivity index (χ1v) is 4.39. The highest BCUT2D eigenvalue weighted by molar-refractivity contribution is 5.75. The van der Waals surface area contributed by atoms with Gasteiger partial charge in [0.1, 0.15) is 6.04 Å². The molecule has 0 spiro atoms. The zero-order valence-electron chi connectivity index (χ0n) is 8.30. The van der Waals surface area contributed by atoms with Crippen LogP contribution in [0.4, 0.5) is 0 Å². The molecule has 1 unspecified atom stereocenters. The number of esters is 1. The Morgan fingerprint density at radius 2 is 2.20 bits per heavy atom. The van der Waals surface area contributed by atoms with E-state index in [1.54, 1.807) is 12.1 Å².